The third kappa shape index (κ3) is 5.08. The first kappa shape index (κ1) is 20.9. The summed E-state index contributed by atoms with van der Waals surface area (Å²) in [6, 6.07) is 14.6. The van der Waals surface area contributed by atoms with Gasteiger partial charge in [0.05, 0.1) is 9.77 Å². The fraction of sp³-hybridized carbons (Fsp3) is 0.118. The molecule has 0 unspecified atom stereocenters. The van der Waals surface area contributed by atoms with E-state index in [-0.39, 0.29) is 35.9 Å². The van der Waals surface area contributed by atoms with E-state index >= 15 is 0 Å². The first-order chi connectivity index (χ1) is 11.3. The molecule has 8 heteroatoms. The van der Waals surface area contributed by atoms with Gasteiger partial charge in [-0.3, -0.25) is 4.55 Å². The molecule has 0 amide bonds. The van der Waals surface area contributed by atoms with Crippen LogP contribution in [0.3, 0.4) is 0 Å². The maximum atomic E-state index is 11.1. The van der Waals surface area contributed by atoms with Crippen molar-refractivity contribution in [3.63, 3.8) is 0 Å². The Balaban J connectivity index is 0.00000169. The molecule has 1 aromatic heterocycles. The number of hydrogen-bond donors (Lipinski definition) is 1. The van der Waals surface area contributed by atoms with Gasteiger partial charge in [-0.1, -0.05) is 74.9 Å². The van der Waals surface area contributed by atoms with Gasteiger partial charge in [0.25, 0.3) is 10.1 Å². The molecule has 0 saturated carbocycles. The normalized spacial score (nSPS) is 11.1. The van der Waals surface area contributed by atoms with Gasteiger partial charge >= 0.3 is 29.6 Å². The smallest absolute Gasteiger partial charge is 1.00 e. The first-order valence-electron chi connectivity index (χ1n) is 7.10. The molecule has 0 saturated heterocycles. The van der Waals surface area contributed by atoms with Crippen molar-refractivity contribution in [1.29, 1.82) is 0 Å². The second-order valence-electron chi connectivity index (χ2n) is 5.42. The van der Waals surface area contributed by atoms with Gasteiger partial charge in [-0.05, 0) is 30.2 Å². The third-order valence-electron chi connectivity index (χ3n) is 3.64. The number of benzene rings is 2. The summed E-state index contributed by atoms with van der Waals surface area (Å²) < 4.78 is 32.2. The molecule has 0 spiro atoms. The van der Waals surface area contributed by atoms with Crippen LogP contribution in [-0.2, 0) is 16.5 Å². The molecule has 3 rings (SSSR count). The minimum absolute atomic E-state index is 0. The van der Waals surface area contributed by atoms with Crippen LogP contribution in [0, 0.1) is 10.7 Å². The molecule has 0 radical (unpaired) electrons. The van der Waals surface area contributed by atoms with Gasteiger partial charge in [-0.2, -0.15) is 8.42 Å². The van der Waals surface area contributed by atoms with Crippen LogP contribution < -0.4 is 29.6 Å². The summed E-state index contributed by atoms with van der Waals surface area (Å²) >= 11 is 5.48. The zero-order valence-electron chi connectivity index (χ0n) is 14.7. The van der Waals surface area contributed by atoms with Gasteiger partial charge in [0, 0.05) is 12.0 Å². The molecule has 0 atom stereocenters. The minimum atomic E-state index is -4.16. The minimum Gasteiger partial charge on any atom is -1.00 e. The molecule has 0 aliphatic rings. The zero-order valence-corrected chi connectivity index (χ0v) is 19.0. The van der Waals surface area contributed by atoms with Crippen molar-refractivity contribution < 1.29 is 44.0 Å². The summed E-state index contributed by atoms with van der Waals surface area (Å²) in [4.78, 5) is 1.06. The van der Waals surface area contributed by atoms with Gasteiger partial charge in [0.1, 0.15) is 3.82 Å². The SMILES string of the molecule is Cc1ccc(-c2ssc(=S)c2Cc2ccc(S(=O)(=O)O)cc2)cc1.[H-].[Na+]. The monoisotopic (exact) mass is 418 g/mol. The van der Waals surface area contributed by atoms with E-state index in [4.69, 9.17) is 16.8 Å². The standard InChI is InChI=1S/C17H14O3S4.Na.H/c1-11-2-6-13(7-3-11)16-15(17(21)23-22-16)10-12-4-8-14(9-5-12)24(18,19)20;;/h2-9H,10H2,1H3,(H,18,19,20);;/q;+1;-1. The fourth-order valence-corrected chi connectivity index (χ4v) is 5.74. The average molecular weight is 419 g/mol. The number of hydrogen-bond acceptors (Lipinski definition) is 5. The Labute approximate surface area is 183 Å². The van der Waals surface area contributed by atoms with E-state index in [2.05, 4.69) is 31.2 Å². The molecule has 0 fully saturated rings. The third-order valence-corrected chi connectivity index (χ3v) is 7.70. The van der Waals surface area contributed by atoms with E-state index in [0.717, 1.165) is 25.4 Å². The van der Waals surface area contributed by atoms with Crippen LogP contribution in [0.5, 0.6) is 0 Å². The molecule has 3 aromatic rings. The maximum Gasteiger partial charge on any atom is 1.00 e. The molecule has 0 aliphatic carbocycles. The van der Waals surface area contributed by atoms with E-state index in [9.17, 15) is 8.42 Å². The van der Waals surface area contributed by atoms with E-state index in [1.54, 1.807) is 32.8 Å². The molecule has 0 bridgehead atoms. The predicted molar refractivity (Wildman–Crippen MR) is 103 cm³/mol. The quantitative estimate of drug-likeness (QED) is 0.306. The Morgan fingerprint density at radius 2 is 1.64 bits per heavy atom. The van der Waals surface area contributed by atoms with Crippen LogP contribution in [0.15, 0.2) is 53.4 Å². The van der Waals surface area contributed by atoms with Crippen LogP contribution in [0.2, 0.25) is 0 Å². The molecule has 0 aliphatic heterocycles. The summed E-state index contributed by atoms with van der Waals surface area (Å²) in [6.45, 7) is 2.05. The van der Waals surface area contributed by atoms with Crippen molar-refractivity contribution >= 4 is 43.0 Å². The van der Waals surface area contributed by atoms with Crippen molar-refractivity contribution in [2.24, 2.45) is 0 Å². The zero-order chi connectivity index (χ0) is 17.3. The Morgan fingerprint density at radius 3 is 2.20 bits per heavy atom. The van der Waals surface area contributed by atoms with Gasteiger partial charge < -0.3 is 1.43 Å². The van der Waals surface area contributed by atoms with Crippen molar-refractivity contribution in [2.75, 3.05) is 0 Å². The summed E-state index contributed by atoms with van der Waals surface area (Å²) in [5.74, 6) is 0. The van der Waals surface area contributed by atoms with Crippen molar-refractivity contribution in [2.45, 2.75) is 18.2 Å². The molecule has 3 nitrogen and oxygen atoms in total. The molecular formula is C17H15NaO3S4. The molecule has 126 valence electrons. The second kappa shape index (κ2) is 8.54. The van der Waals surface area contributed by atoms with E-state index in [1.165, 1.54) is 17.7 Å². The van der Waals surface area contributed by atoms with Crippen molar-refractivity contribution in [3.05, 3.63) is 69.0 Å². The molecule has 2 aromatic carbocycles. The Bertz CT molecular complexity index is 1020. The fourth-order valence-electron chi connectivity index (χ4n) is 2.34. The van der Waals surface area contributed by atoms with Crippen LogP contribution in [0.1, 0.15) is 18.1 Å². The van der Waals surface area contributed by atoms with E-state index in [1.807, 2.05) is 0 Å². The summed E-state index contributed by atoms with van der Waals surface area (Å²) in [7, 11) is -0.921. The Hall–Kier alpha value is -0.380. The Morgan fingerprint density at radius 1 is 1.04 bits per heavy atom. The summed E-state index contributed by atoms with van der Waals surface area (Å²) in [5.41, 5.74) is 4.39. The molecular weight excluding hydrogens is 403 g/mol. The van der Waals surface area contributed by atoms with Crippen LogP contribution >= 0.6 is 32.9 Å². The maximum absolute atomic E-state index is 11.1. The molecule has 25 heavy (non-hydrogen) atoms. The topological polar surface area (TPSA) is 54.4 Å². The first-order valence-corrected chi connectivity index (χ1v) is 11.1. The predicted octanol–water partition coefficient (Wildman–Crippen LogP) is 2.47. The van der Waals surface area contributed by atoms with Crippen molar-refractivity contribution in [1.82, 2.24) is 0 Å². The van der Waals surface area contributed by atoms with Gasteiger partial charge in [-0.25, -0.2) is 0 Å². The second-order valence-corrected chi connectivity index (χ2v) is 9.66. The number of aryl methyl sites for hydroxylation is 1. The van der Waals surface area contributed by atoms with Gasteiger partial charge in [0.15, 0.2) is 0 Å². The number of rotatable bonds is 4. The average Bonchev–Trinajstić information content (AvgIpc) is 2.89. The van der Waals surface area contributed by atoms with Gasteiger partial charge in [-0.15, -0.1) is 0 Å². The van der Waals surface area contributed by atoms with Crippen LogP contribution in [-0.4, -0.2) is 13.0 Å². The largest absolute Gasteiger partial charge is 1.00 e. The van der Waals surface area contributed by atoms with Crippen LogP contribution in [0.4, 0.5) is 0 Å². The van der Waals surface area contributed by atoms with Crippen molar-refractivity contribution in [3.8, 4) is 10.4 Å². The van der Waals surface area contributed by atoms with Gasteiger partial charge in [0.2, 0.25) is 0 Å². The van der Waals surface area contributed by atoms with Crippen LogP contribution in [0.25, 0.3) is 10.4 Å². The Kier molecular flexibility index (Phi) is 7.15. The summed E-state index contributed by atoms with van der Waals surface area (Å²) in [6.07, 6.45) is 0.633. The van der Waals surface area contributed by atoms with E-state index < -0.39 is 10.1 Å². The van der Waals surface area contributed by atoms with E-state index in [0.29, 0.717) is 6.42 Å². The summed E-state index contributed by atoms with van der Waals surface area (Å²) in [5, 5.41) is 0. The molecule has 1 N–H and O–H groups in total. The molecule has 1 heterocycles.